The van der Waals surface area contributed by atoms with Crippen molar-refractivity contribution in [2.24, 2.45) is 0 Å². The zero-order valence-electron chi connectivity index (χ0n) is 12.6. The van der Waals surface area contributed by atoms with Crippen LogP contribution < -0.4 is 4.74 Å². The highest BCUT2D eigenvalue weighted by molar-refractivity contribution is 5.43. The highest BCUT2D eigenvalue weighted by Crippen LogP contribution is 2.28. The molecule has 0 fully saturated rings. The lowest BCUT2D eigenvalue weighted by Gasteiger charge is -2.19. The van der Waals surface area contributed by atoms with Crippen LogP contribution in [-0.2, 0) is 11.8 Å². The van der Waals surface area contributed by atoms with Crippen molar-refractivity contribution in [1.82, 2.24) is 0 Å². The molecule has 1 N–H and O–H groups in total. The molecule has 0 spiro atoms. The summed E-state index contributed by atoms with van der Waals surface area (Å²) in [5.74, 6) is 0.702. The van der Waals surface area contributed by atoms with E-state index in [9.17, 15) is 5.11 Å². The molecule has 2 heteroatoms. The van der Waals surface area contributed by atoms with E-state index in [0.29, 0.717) is 5.75 Å². The molecule has 0 aliphatic rings. The SMILES string of the molecule is COc1cc(Cc2ccc(C(C)(C)C)cc2)ccc1O. The minimum Gasteiger partial charge on any atom is -0.504 e. The number of methoxy groups -OCH3 is 1. The average molecular weight is 270 g/mol. The van der Waals surface area contributed by atoms with E-state index >= 15 is 0 Å². The van der Waals surface area contributed by atoms with Crippen molar-refractivity contribution in [3.63, 3.8) is 0 Å². The molecule has 0 heterocycles. The average Bonchev–Trinajstić information content (AvgIpc) is 2.40. The van der Waals surface area contributed by atoms with Crippen LogP contribution in [0.4, 0.5) is 0 Å². The Morgan fingerprint density at radius 3 is 2.10 bits per heavy atom. The first kappa shape index (κ1) is 14.4. The summed E-state index contributed by atoms with van der Waals surface area (Å²) in [6, 6.07) is 14.2. The molecule has 0 unspecified atom stereocenters. The maximum Gasteiger partial charge on any atom is 0.160 e. The van der Waals surface area contributed by atoms with E-state index in [1.165, 1.54) is 11.1 Å². The summed E-state index contributed by atoms with van der Waals surface area (Å²) in [5, 5.41) is 9.60. The Hall–Kier alpha value is -1.96. The lowest BCUT2D eigenvalue weighted by atomic mass is 9.86. The van der Waals surface area contributed by atoms with E-state index < -0.39 is 0 Å². The third-order valence-electron chi connectivity index (χ3n) is 3.47. The van der Waals surface area contributed by atoms with Crippen molar-refractivity contribution in [3.05, 3.63) is 59.2 Å². The highest BCUT2D eigenvalue weighted by atomic mass is 16.5. The molecule has 0 saturated heterocycles. The number of rotatable bonds is 3. The van der Waals surface area contributed by atoms with Gasteiger partial charge in [0.2, 0.25) is 0 Å². The van der Waals surface area contributed by atoms with Crippen molar-refractivity contribution >= 4 is 0 Å². The molecule has 20 heavy (non-hydrogen) atoms. The number of benzene rings is 2. The molecular weight excluding hydrogens is 248 g/mol. The maximum atomic E-state index is 9.60. The molecule has 2 rings (SSSR count). The van der Waals surface area contributed by atoms with E-state index in [4.69, 9.17) is 4.74 Å². The van der Waals surface area contributed by atoms with Crippen LogP contribution in [0.1, 0.15) is 37.5 Å². The predicted octanol–water partition coefficient (Wildman–Crippen LogP) is 4.29. The second-order valence-corrected chi connectivity index (χ2v) is 6.13. The molecule has 0 saturated carbocycles. The summed E-state index contributed by atoms with van der Waals surface area (Å²) in [6.07, 6.45) is 0.834. The molecule has 2 nitrogen and oxygen atoms in total. The molecule has 0 aromatic heterocycles. The molecule has 0 aliphatic heterocycles. The highest BCUT2D eigenvalue weighted by Gasteiger charge is 2.12. The first-order valence-electron chi connectivity index (χ1n) is 6.85. The van der Waals surface area contributed by atoms with Gasteiger partial charge in [-0.25, -0.2) is 0 Å². The molecule has 0 amide bonds. The van der Waals surface area contributed by atoms with Gasteiger partial charge in [-0.2, -0.15) is 0 Å². The van der Waals surface area contributed by atoms with Crippen LogP contribution in [-0.4, -0.2) is 12.2 Å². The molecule has 0 bridgehead atoms. The molecule has 0 atom stereocenters. The Morgan fingerprint density at radius 2 is 1.55 bits per heavy atom. The van der Waals surface area contributed by atoms with Crippen molar-refractivity contribution < 1.29 is 9.84 Å². The van der Waals surface area contributed by atoms with Crippen LogP contribution in [0.15, 0.2) is 42.5 Å². The Bertz CT molecular complexity index is 577. The number of phenols is 1. The van der Waals surface area contributed by atoms with Gasteiger partial charge >= 0.3 is 0 Å². The first-order chi connectivity index (χ1) is 9.40. The fourth-order valence-electron chi connectivity index (χ4n) is 2.19. The van der Waals surface area contributed by atoms with Crippen LogP contribution in [0.25, 0.3) is 0 Å². The van der Waals surface area contributed by atoms with Gasteiger partial charge in [0.1, 0.15) is 0 Å². The third kappa shape index (κ3) is 3.32. The topological polar surface area (TPSA) is 29.5 Å². The molecule has 2 aromatic rings. The lowest BCUT2D eigenvalue weighted by molar-refractivity contribution is 0.373. The fraction of sp³-hybridized carbons (Fsp3) is 0.333. The molecular formula is C18H22O2. The Labute approximate surface area is 121 Å². The predicted molar refractivity (Wildman–Crippen MR) is 82.6 cm³/mol. The summed E-state index contributed by atoms with van der Waals surface area (Å²) in [4.78, 5) is 0. The minimum absolute atomic E-state index is 0.180. The van der Waals surface area contributed by atoms with Gasteiger partial charge in [0, 0.05) is 0 Å². The summed E-state index contributed by atoms with van der Waals surface area (Å²) < 4.78 is 5.14. The first-order valence-corrected chi connectivity index (χ1v) is 6.85. The number of hydrogen-bond donors (Lipinski definition) is 1. The zero-order chi connectivity index (χ0) is 14.8. The van der Waals surface area contributed by atoms with E-state index in [0.717, 1.165) is 12.0 Å². The normalized spacial score (nSPS) is 11.4. The van der Waals surface area contributed by atoms with E-state index in [-0.39, 0.29) is 11.2 Å². The minimum atomic E-state index is 0.180. The fourth-order valence-corrected chi connectivity index (χ4v) is 2.19. The van der Waals surface area contributed by atoms with E-state index in [2.05, 4.69) is 45.0 Å². The van der Waals surface area contributed by atoms with Crippen LogP contribution in [0, 0.1) is 0 Å². The number of phenolic OH excluding ortho intramolecular Hbond substituents is 1. The number of ether oxygens (including phenoxy) is 1. The smallest absolute Gasteiger partial charge is 0.160 e. The molecule has 0 radical (unpaired) electrons. The quantitative estimate of drug-likeness (QED) is 0.901. The van der Waals surface area contributed by atoms with E-state index in [1.54, 1.807) is 13.2 Å². The van der Waals surface area contributed by atoms with Crippen molar-refractivity contribution in [1.29, 1.82) is 0 Å². The number of hydrogen-bond acceptors (Lipinski definition) is 2. The maximum absolute atomic E-state index is 9.60. The third-order valence-corrected chi connectivity index (χ3v) is 3.47. The summed E-state index contributed by atoms with van der Waals surface area (Å²) in [5.41, 5.74) is 3.90. The summed E-state index contributed by atoms with van der Waals surface area (Å²) in [7, 11) is 1.57. The van der Waals surface area contributed by atoms with Crippen molar-refractivity contribution in [3.8, 4) is 11.5 Å². The van der Waals surface area contributed by atoms with Crippen molar-refractivity contribution in [2.75, 3.05) is 7.11 Å². The van der Waals surface area contributed by atoms with Crippen LogP contribution >= 0.6 is 0 Å². The molecule has 0 aliphatic carbocycles. The van der Waals surface area contributed by atoms with Gasteiger partial charge in [0.25, 0.3) is 0 Å². The van der Waals surface area contributed by atoms with Crippen molar-refractivity contribution in [2.45, 2.75) is 32.6 Å². The monoisotopic (exact) mass is 270 g/mol. The number of aromatic hydroxyl groups is 1. The molecule has 2 aromatic carbocycles. The molecule has 106 valence electrons. The zero-order valence-corrected chi connectivity index (χ0v) is 12.6. The van der Waals surface area contributed by atoms with Gasteiger partial charge in [-0.15, -0.1) is 0 Å². The Morgan fingerprint density at radius 1 is 0.950 bits per heavy atom. The van der Waals surface area contributed by atoms with Gasteiger partial charge in [0.15, 0.2) is 11.5 Å². The van der Waals surface area contributed by atoms with E-state index in [1.807, 2.05) is 12.1 Å². The Kier molecular flexibility index (Phi) is 4.03. The summed E-state index contributed by atoms with van der Waals surface area (Å²) in [6.45, 7) is 6.65. The summed E-state index contributed by atoms with van der Waals surface area (Å²) >= 11 is 0. The van der Waals surface area contributed by atoms with Gasteiger partial charge in [-0.3, -0.25) is 0 Å². The second-order valence-electron chi connectivity index (χ2n) is 6.13. The van der Waals surface area contributed by atoms with Crippen LogP contribution in [0.5, 0.6) is 11.5 Å². The van der Waals surface area contributed by atoms with Gasteiger partial charge in [0.05, 0.1) is 7.11 Å². The van der Waals surface area contributed by atoms with Gasteiger partial charge in [-0.1, -0.05) is 51.1 Å². The second kappa shape index (κ2) is 5.58. The lowest BCUT2D eigenvalue weighted by Crippen LogP contribution is -2.10. The van der Waals surface area contributed by atoms with Crippen LogP contribution in [0.3, 0.4) is 0 Å². The van der Waals surface area contributed by atoms with Gasteiger partial charge in [-0.05, 0) is 40.7 Å². The standard InChI is InChI=1S/C18H22O2/c1-18(2,3)15-8-5-13(6-9-15)11-14-7-10-16(19)17(12-14)20-4/h5-10,12,19H,11H2,1-4H3. The largest absolute Gasteiger partial charge is 0.504 e. The Balaban J connectivity index is 2.18. The van der Waals surface area contributed by atoms with Gasteiger partial charge < -0.3 is 9.84 Å². The van der Waals surface area contributed by atoms with Crippen LogP contribution in [0.2, 0.25) is 0 Å².